The molecule has 1 aromatic heterocycles. The molecule has 0 aromatic carbocycles. The Kier molecular flexibility index (Phi) is 6.23. The van der Waals surface area contributed by atoms with Crippen molar-refractivity contribution in [3.8, 4) is 0 Å². The number of hydrogen-bond donors (Lipinski definition) is 2. The van der Waals surface area contributed by atoms with Crippen molar-refractivity contribution in [1.82, 2.24) is 14.8 Å². The number of nitrogens with zero attached hydrogens (tertiary/aromatic N) is 2. The number of carbonyl (C=O) groups is 1. The van der Waals surface area contributed by atoms with Crippen molar-refractivity contribution in [2.45, 2.75) is 51.2 Å². The average molecular weight is 442 g/mol. The molecule has 174 valence electrons. The number of amides is 1. The smallest absolute Gasteiger partial charge is 0.258 e. The van der Waals surface area contributed by atoms with Gasteiger partial charge in [0.15, 0.2) is 0 Å². The Hall–Kier alpha value is -1.96. The van der Waals surface area contributed by atoms with Gasteiger partial charge in [-0.05, 0) is 56.6 Å². The summed E-state index contributed by atoms with van der Waals surface area (Å²) in [5.74, 6) is 0.623. The Labute approximate surface area is 189 Å². The zero-order valence-electron chi connectivity index (χ0n) is 18.9. The summed E-state index contributed by atoms with van der Waals surface area (Å²) in [7, 11) is 0. The zero-order chi connectivity index (χ0) is 22.2. The monoisotopic (exact) mass is 441 g/mol. The molecule has 1 saturated carbocycles. The molecule has 7 heteroatoms. The van der Waals surface area contributed by atoms with Crippen molar-refractivity contribution >= 4 is 12.0 Å². The molecule has 0 radical (unpaired) electrons. The number of carbonyl (C=O) groups excluding carboxylic acids is 1. The maximum absolute atomic E-state index is 13.4. The summed E-state index contributed by atoms with van der Waals surface area (Å²) < 4.78 is 7.42. The van der Waals surface area contributed by atoms with Gasteiger partial charge < -0.3 is 19.7 Å². The van der Waals surface area contributed by atoms with Gasteiger partial charge in [-0.2, -0.15) is 0 Å². The molecule has 0 spiro atoms. The molecular formula is C25H35N3O4. The summed E-state index contributed by atoms with van der Waals surface area (Å²) in [6.07, 6.45) is 8.12. The van der Waals surface area contributed by atoms with Crippen LogP contribution in [0.5, 0.6) is 0 Å². The third kappa shape index (κ3) is 3.95. The van der Waals surface area contributed by atoms with Gasteiger partial charge in [0.05, 0.1) is 12.0 Å². The first-order valence-corrected chi connectivity index (χ1v) is 12.2. The molecule has 1 aliphatic carbocycles. The molecule has 2 saturated heterocycles. The first-order chi connectivity index (χ1) is 15.6. The number of fused-ring (bicyclic) bond motifs is 4. The highest BCUT2D eigenvalue weighted by molar-refractivity contribution is 5.80. The van der Waals surface area contributed by atoms with Crippen LogP contribution in [-0.4, -0.2) is 59.4 Å². The number of rotatable bonds is 7. The van der Waals surface area contributed by atoms with Gasteiger partial charge in [0.1, 0.15) is 0 Å². The summed E-state index contributed by atoms with van der Waals surface area (Å²) >= 11 is 0. The van der Waals surface area contributed by atoms with E-state index in [1.165, 1.54) is 12.8 Å². The zero-order valence-corrected chi connectivity index (χ0v) is 18.9. The number of ether oxygens (including phenoxy) is 1. The van der Waals surface area contributed by atoms with Crippen LogP contribution in [0.1, 0.15) is 49.9 Å². The van der Waals surface area contributed by atoms with Crippen LogP contribution in [0.2, 0.25) is 0 Å². The standard InChI is InChI=1S/C25H35N3O4/c1-2-3-18-6-7-20-23-22(24(30)26-12-16-4-5-16)19(15-29)21(14-28(20)25(18)31)27(23)13-17-8-10-32-11-9-17/h2-3,6-7,16-17,19,21-23,29H,4-5,8-15H2,1H3,(H,26,30)/b3-2-/t19-,21-,22+,23+/m1/s1. The third-order valence-electron chi connectivity index (χ3n) is 7.92. The Morgan fingerprint density at radius 2 is 2.00 bits per heavy atom. The van der Waals surface area contributed by atoms with E-state index in [2.05, 4.69) is 10.2 Å². The lowest BCUT2D eigenvalue weighted by Gasteiger charge is -2.40. The largest absolute Gasteiger partial charge is 0.396 e. The summed E-state index contributed by atoms with van der Waals surface area (Å²) in [5, 5.41) is 13.6. The van der Waals surface area contributed by atoms with E-state index in [-0.39, 0.29) is 42.0 Å². The van der Waals surface area contributed by atoms with E-state index < -0.39 is 0 Å². The molecule has 32 heavy (non-hydrogen) atoms. The van der Waals surface area contributed by atoms with E-state index in [1.807, 2.05) is 35.8 Å². The van der Waals surface area contributed by atoms with Crippen LogP contribution in [0.3, 0.4) is 0 Å². The Morgan fingerprint density at radius 3 is 2.69 bits per heavy atom. The van der Waals surface area contributed by atoms with Crippen LogP contribution in [-0.2, 0) is 16.1 Å². The molecule has 4 atom stereocenters. The normalized spacial score (nSPS) is 30.6. The van der Waals surface area contributed by atoms with Crippen LogP contribution in [0.15, 0.2) is 23.0 Å². The molecule has 7 nitrogen and oxygen atoms in total. The lowest BCUT2D eigenvalue weighted by Crippen LogP contribution is -2.48. The molecule has 2 bridgehead atoms. The highest BCUT2D eigenvalue weighted by atomic mass is 16.5. The fraction of sp³-hybridized carbons (Fsp3) is 0.680. The van der Waals surface area contributed by atoms with Gasteiger partial charge in [-0.15, -0.1) is 0 Å². The molecule has 3 fully saturated rings. The van der Waals surface area contributed by atoms with E-state index in [4.69, 9.17) is 4.74 Å². The van der Waals surface area contributed by atoms with Crippen LogP contribution in [0.25, 0.3) is 6.08 Å². The summed E-state index contributed by atoms with van der Waals surface area (Å²) in [4.78, 5) is 29.1. The van der Waals surface area contributed by atoms with Crippen LogP contribution >= 0.6 is 0 Å². The van der Waals surface area contributed by atoms with Crippen molar-refractivity contribution in [1.29, 1.82) is 0 Å². The predicted molar refractivity (Wildman–Crippen MR) is 122 cm³/mol. The van der Waals surface area contributed by atoms with Gasteiger partial charge in [0, 0.05) is 62.7 Å². The van der Waals surface area contributed by atoms with Gasteiger partial charge in [0.2, 0.25) is 5.91 Å². The van der Waals surface area contributed by atoms with Gasteiger partial charge >= 0.3 is 0 Å². The van der Waals surface area contributed by atoms with Crippen molar-refractivity contribution in [2.75, 3.05) is 32.9 Å². The molecule has 3 aliphatic heterocycles. The first kappa shape index (κ1) is 21.9. The Morgan fingerprint density at radius 1 is 1.22 bits per heavy atom. The molecule has 1 amide bonds. The Bertz CT molecular complexity index is 932. The van der Waals surface area contributed by atoms with E-state index in [9.17, 15) is 14.7 Å². The maximum atomic E-state index is 13.4. The number of aliphatic hydroxyl groups excluding tert-OH is 1. The van der Waals surface area contributed by atoms with Gasteiger partial charge in [-0.3, -0.25) is 14.5 Å². The Balaban J connectivity index is 1.51. The molecule has 2 N–H and O–H groups in total. The molecule has 4 aliphatic rings. The van der Waals surface area contributed by atoms with E-state index in [1.54, 1.807) is 0 Å². The minimum absolute atomic E-state index is 0.00274. The van der Waals surface area contributed by atoms with Crippen molar-refractivity contribution in [2.24, 2.45) is 23.7 Å². The lowest BCUT2D eigenvalue weighted by atomic mass is 9.86. The van der Waals surface area contributed by atoms with Gasteiger partial charge in [-0.1, -0.05) is 12.2 Å². The third-order valence-corrected chi connectivity index (χ3v) is 7.92. The fourth-order valence-electron chi connectivity index (χ4n) is 6.01. The molecular weight excluding hydrogens is 406 g/mol. The average Bonchev–Trinajstić information content (AvgIpc) is 3.60. The SMILES string of the molecule is C/C=C\c1ccc2n(c1=O)C[C@@H]1[C@@H](CO)[C@H](C(=O)NCC3CC3)[C@H]2N1CC1CCOCC1. The van der Waals surface area contributed by atoms with Crippen LogP contribution in [0, 0.1) is 23.7 Å². The molecule has 1 aromatic rings. The number of hydrogen-bond acceptors (Lipinski definition) is 5. The second-order valence-corrected chi connectivity index (χ2v) is 9.95. The second-order valence-electron chi connectivity index (χ2n) is 9.95. The number of aliphatic hydroxyl groups is 1. The van der Waals surface area contributed by atoms with Crippen molar-refractivity contribution in [3.63, 3.8) is 0 Å². The molecule has 0 unspecified atom stereocenters. The molecule has 5 rings (SSSR count). The number of aromatic nitrogens is 1. The van der Waals surface area contributed by atoms with Crippen LogP contribution < -0.4 is 10.9 Å². The highest BCUT2D eigenvalue weighted by Crippen LogP contribution is 2.49. The topological polar surface area (TPSA) is 83.8 Å². The van der Waals surface area contributed by atoms with E-state index in [0.29, 0.717) is 23.9 Å². The quantitative estimate of drug-likeness (QED) is 0.674. The van der Waals surface area contributed by atoms with E-state index >= 15 is 0 Å². The predicted octanol–water partition coefficient (Wildman–Crippen LogP) is 1.80. The highest BCUT2D eigenvalue weighted by Gasteiger charge is 2.56. The van der Waals surface area contributed by atoms with Crippen molar-refractivity contribution in [3.05, 3.63) is 39.8 Å². The fourth-order valence-corrected chi connectivity index (χ4v) is 6.01. The van der Waals surface area contributed by atoms with Crippen LogP contribution in [0.4, 0.5) is 0 Å². The minimum Gasteiger partial charge on any atom is -0.396 e. The minimum atomic E-state index is -0.343. The van der Waals surface area contributed by atoms with E-state index in [0.717, 1.165) is 44.8 Å². The van der Waals surface area contributed by atoms with Gasteiger partial charge in [0.25, 0.3) is 5.56 Å². The van der Waals surface area contributed by atoms with Crippen molar-refractivity contribution < 1.29 is 14.6 Å². The number of nitrogens with one attached hydrogen (secondary N) is 1. The maximum Gasteiger partial charge on any atom is 0.258 e. The van der Waals surface area contributed by atoms with Gasteiger partial charge in [-0.25, -0.2) is 0 Å². The second kappa shape index (κ2) is 9.12. The molecule has 4 heterocycles. The lowest BCUT2D eigenvalue weighted by molar-refractivity contribution is -0.127. The summed E-state index contributed by atoms with van der Waals surface area (Å²) in [5.41, 5.74) is 1.58. The first-order valence-electron chi connectivity index (χ1n) is 12.2. The number of allylic oxidation sites excluding steroid dienone is 1. The summed E-state index contributed by atoms with van der Waals surface area (Å²) in [6, 6.07) is 3.71. The number of pyridine rings is 1. The summed E-state index contributed by atoms with van der Waals surface area (Å²) in [6.45, 7) is 5.56.